The number of amides is 2. The van der Waals surface area contributed by atoms with Crippen LogP contribution in [0.15, 0.2) is 76.5 Å². The van der Waals surface area contributed by atoms with Crippen molar-refractivity contribution in [2.75, 3.05) is 17.3 Å². The number of aryl methyl sites for hydroxylation is 1. The van der Waals surface area contributed by atoms with Gasteiger partial charge in [0.05, 0.1) is 11.3 Å². The minimum absolute atomic E-state index is 0.0340. The largest absolute Gasteiger partial charge is 0.322 e. The van der Waals surface area contributed by atoms with Crippen molar-refractivity contribution >= 4 is 35.0 Å². The molecule has 0 aromatic heterocycles. The molecular formula is C22H18N2O2S. The van der Waals surface area contributed by atoms with Gasteiger partial charge < -0.3 is 10.2 Å². The van der Waals surface area contributed by atoms with E-state index >= 15 is 0 Å². The van der Waals surface area contributed by atoms with E-state index in [1.165, 1.54) is 11.8 Å². The normalized spacial score (nSPS) is 12.8. The fourth-order valence-electron chi connectivity index (χ4n) is 3.00. The van der Waals surface area contributed by atoms with Gasteiger partial charge in [0.1, 0.15) is 0 Å². The SMILES string of the molecule is Cc1ccc(C(=O)Nc2ccc3c(c2)Sc2ccccc2C(=O)N3C)cc1. The molecule has 1 heterocycles. The zero-order chi connectivity index (χ0) is 19.0. The van der Waals surface area contributed by atoms with Gasteiger partial charge in [0.25, 0.3) is 11.8 Å². The van der Waals surface area contributed by atoms with Crippen LogP contribution in [0.4, 0.5) is 11.4 Å². The first-order valence-electron chi connectivity index (χ1n) is 8.60. The predicted molar refractivity (Wildman–Crippen MR) is 109 cm³/mol. The maximum absolute atomic E-state index is 12.7. The summed E-state index contributed by atoms with van der Waals surface area (Å²) in [7, 11) is 1.77. The van der Waals surface area contributed by atoms with Gasteiger partial charge in [0.15, 0.2) is 0 Å². The maximum Gasteiger partial charge on any atom is 0.259 e. The van der Waals surface area contributed by atoms with Crippen LogP contribution in [0.5, 0.6) is 0 Å². The smallest absolute Gasteiger partial charge is 0.259 e. The molecule has 0 spiro atoms. The van der Waals surface area contributed by atoms with Crippen molar-refractivity contribution in [1.82, 2.24) is 0 Å². The van der Waals surface area contributed by atoms with Crippen molar-refractivity contribution in [3.8, 4) is 0 Å². The fraction of sp³-hybridized carbons (Fsp3) is 0.0909. The second kappa shape index (κ2) is 6.93. The minimum Gasteiger partial charge on any atom is -0.322 e. The van der Waals surface area contributed by atoms with Crippen molar-refractivity contribution in [3.05, 3.63) is 83.4 Å². The standard InChI is InChI=1S/C22H18N2O2S/c1-14-7-9-15(10-8-14)21(25)23-16-11-12-18-20(13-16)27-19-6-4-3-5-17(19)22(26)24(18)2/h3-13H,1-2H3,(H,23,25). The Morgan fingerprint density at radius 2 is 1.70 bits per heavy atom. The number of carbonyl (C=O) groups is 2. The Labute approximate surface area is 162 Å². The summed E-state index contributed by atoms with van der Waals surface area (Å²) in [5.74, 6) is -0.188. The maximum atomic E-state index is 12.7. The third-order valence-electron chi connectivity index (χ3n) is 4.53. The molecule has 3 aromatic carbocycles. The fourth-order valence-corrected chi connectivity index (χ4v) is 4.14. The molecule has 1 N–H and O–H groups in total. The Morgan fingerprint density at radius 3 is 2.48 bits per heavy atom. The molecule has 5 heteroatoms. The summed E-state index contributed by atoms with van der Waals surface area (Å²) in [6, 6.07) is 20.6. The number of hydrogen-bond donors (Lipinski definition) is 1. The van der Waals surface area contributed by atoms with E-state index in [-0.39, 0.29) is 11.8 Å². The molecule has 3 aromatic rings. The lowest BCUT2D eigenvalue weighted by molar-refractivity contribution is 0.0988. The van der Waals surface area contributed by atoms with Crippen molar-refractivity contribution < 1.29 is 9.59 Å². The van der Waals surface area contributed by atoms with E-state index in [1.54, 1.807) is 11.9 Å². The summed E-state index contributed by atoms with van der Waals surface area (Å²) in [6.45, 7) is 1.99. The van der Waals surface area contributed by atoms with Crippen LogP contribution in [0.1, 0.15) is 26.3 Å². The number of nitrogens with zero attached hydrogens (tertiary/aromatic N) is 1. The van der Waals surface area contributed by atoms with Crippen LogP contribution in [0.2, 0.25) is 0 Å². The lowest BCUT2D eigenvalue weighted by Gasteiger charge is -2.18. The van der Waals surface area contributed by atoms with Gasteiger partial charge in [-0.2, -0.15) is 0 Å². The third kappa shape index (κ3) is 3.34. The van der Waals surface area contributed by atoms with Crippen LogP contribution in [-0.2, 0) is 0 Å². The van der Waals surface area contributed by atoms with Gasteiger partial charge >= 0.3 is 0 Å². The van der Waals surface area contributed by atoms with Crippen LogP contribution in [0.3, 0.4) is 0 Å². The number of hydrogen-bond acceptors (Lipinski definition) is 3. The van der Waals surface area contributed by atoms with Crippen LogP contribution in [0.25, 0.3) is 0 Å². The van der Waals surface area contributed by atoms with Crippen molar-refractivity contribution in [2.45, 2.75) is 16.7 Å². The number of anilines is 2. The van der Waals surface area contributed by atoms with E-state index in [0.717, 1.165) is 21.0 Å². The lowest BCUT2D eigenvalue weighted by atomic mass is 10.1. The molecule has 0 aliphatic carbocycles. The molecule has 4 rings (SSSR count). The average molecular weight is 374 g/mol. The van der Waals surface area contributed by atoms with Crippen molar-refractivity contribution in [1.29, 1.82) is 0 Å². The topological polar surface area (TPSA) is 49.4 Å². The molecule has 134 valence electrons. The monoisotopic (exact) mass is 374 g/mol. The van der Waals surface area contributed by atoms with Gasteiger partial charge in [0, 0.05) is 28.1 Å². The average Bonchev–Trinajstić information content (AvgIpc) is 2.77. The summed E-state index contributed by atoms with van der Waals surface area (Å²) in [4.78, 5) is 28.7. The molecule has 4 nitrogen and oxygen atoms in total. The number of benzene rings is 3. The molecule has 0 bridgehead atoms. The first-order chi connectivity index (χ1) is 13.0. The highest BCUT2D eigenvalue weighted by Crippen LogP contribution is 2.41. The highest BCUT2D eigenvalue weighted by Gasteiger charge is 2.24. The Bertz CT molecular complexity index is 1040. The molecule has 1 aliphatic heterocycles. The Hall–Kier alpha value is -3.05. The van der Waals surface area contributed by atoms with Gasteiger partial charge in [-0.3, -0.25) is 9.59 Å². The van der Waals surface area contributed by atoms with E-state index in [2.05, 4.69) is 5.32 Å². The zero-order valence-electron chi connectivity index (χ0n) is 15.0. The van der Waals surface area contributed by atoms with E-state index < -0.39 is 0 Å². The van der Waals surface area contributed by atoms with Crippen LogP contribution >= 0.6 is 11.8 Å². The van der Waals surface area contributed by atoms with Gasteiger partial charge in [-0.1, -0.05) is 41.6 Å². The molecular weight excluding hydrogens is 356 g/mol. The molecule has 27 heavy (non-hydrogen) atoms. The second-order valence-corrected chi connectivity index (χ2v) is 7.55. The Morgan fingerprint density at radius 1 is 0.963 bits per heavy atom. The molecule has 0 fully saturated rings. The van der Waals surface area contributed by atoms with E-state index in [9.17, 15) is 9.59 Å². The minimum atomic E-state index is -0.154. The van der Waals surface area contributed by atoms with Crippen molar-refractivity contribution in [2.24, 2.45) is 0 Å². The molecule has 1 aliphatic rings. The number of rotatable bonds is 2. The number of nitrogens with one attached hydrogen (secondary N) is 1. The number of carbonyl (C=O) groups excluding carboxylic acids is 2. The first kappa shape index (κ1) is 17.4. The molecule has 0 saturated heterocycles. The molecule has 2 amide bonds. The van der Waals surface area contributed by atoms with Crippen molar-refractivity contribution in [3.63, 3.8) is 0 Å². The molecule has 0 saturated carbocycles. The summed E-state index contributed by atoms with van der Waals surface area (Å²) in [5, 5.41) is 2.94. The van der Waals surface area contributed by atoms with Gasteiger partial charge in [0.2, 0.25) is 0 Å². The third-order valence-corrected chi connectivity index (χ3v) is 5.66. The summed E-state index contributed by atoms with van der Waals surface area (Å²) in [5.41, 5.74) is 3.94. The zero-order valence-corrected chi connectivity index (χ0v) is 15.8. The first-order valence-corrected chi connectivity index (χ1v) is 9.41. The highest BCUT2D eigenvalue weighted by molar-refractivity contribution is 7.99. The summed E-state index contributed by atoms with van der Waals surface area (Å²) >= 11 is 1.54. The lowest BCUT2D eigenvalue weighted by Crippen LogP contribution is -2.26. The summed E-state index contributed by atoms with van der Waals surface area (Å²) in [6.07, 6.45) is 0. The molecule has 0 atom stereocenters. The quantitative estimate of drug-likeness (QED) is 0.688. The highest BCUT2D eigenvalue weighted by atomic mass is 32.2. The Balaban J connectivity index is 1.66. The van der Waals surface area contributed by atoms with E-state index in [1.807, 2.05) is 73.7 Å². The second-order valence-electron chi connectivity index (χ2n) is 6.47. The van der Waals surface area contributed by atoms with E-state index in [4.69, 9.17) is 0 Å². The van der Waals surface area contributed by atoms with Crippen LogP contribution in [0, 0.1) is 6.92 Å². The molecule has 0 unspecified atom stereocenters. The predicted octanol–water partition coefficient (Wildman–Crippen LogP) is 4.99. The number of fused-ring (bicyclic) bond motifs is 2. The molecule has 0 radical (unpaired) electrons. The summed E-state index contributed by atoms with van der Waals surface area (Å²) < 4.78 is 0. The van der Waals surface area contributed by atoms with Gasteiger partial charge in [-0.05, 0) is 49.4 Å². The van der Waals surface area contributed by atoms with Crippen LogP contribution in [-0.4, -0.2) is 18.9 Å². The van der Waals surface area contributed by atoms with Gasteiger partial charge in [-0.25, -0.2) is 0 Å². The van der Waals surface area contributed by atoms with Crippen LogP contribution < -0.4 is 10.2 Å². The van der Waals surface area contributed by atoms with Gasteiger partial charge in [-0.15, -0.1) is 0 Å². The van der Waals surface area contributed by atoms with E-state index in [0.29, 0.717) is 16.8 Å². The Kier molecular flexibility index (Phi) is 4.46.